The number of aryl methyl sites for hydroxylation is 2. The van der Waals surface area contributed by atoms with Crippen LogP contribution in [0.2, 0.25) is 5.02 Å². The molecule has 0 spiro atoms. The van der Waals surface area contributed by atoms with Crippen molar-refractivity contribution in [2.45, 2.75) is 20.5 Å². The van der Waals surface area contributed by atoms with E-state index in [4.69, 9.17) is 27.3 Å². The van der Waals surface area contributed by atoms with Crippen LogP contribution in [-0.2, 0) is 6.61 Å². The molecule has 0 bridgehead atoms. The van der Waals surface area contributed by atoms with Gasteiger partial charge in [-0.05, 0) is 49.2 Å². The molecule has 3 nitrogen and oxygen atoms in total. The predicted molar refractivity (Wildman–Crippen MR) is 80.8 cm³/mol. The second kappa shape index (κ2) is 5.85. The van der Waals surface area contributed by atoms with Gasteiger partial charge < -0.3 is 10.5 Å². The van der Waals surface area contributed by atoms with E-state index < -0.39 is 0 Å². The number of hydrogen-bond donors (Lipinski definition) is 1. The Hall–Kier alpha value is -2.18. The summed E-state index contributed by atoms with van der Waals surface area (Å²) in [7, 11) is 0. The Labute approximate surface area is 123 Å². The summed E-state index contributed by atoms with van der Waals surface area (Å²) in [6.45, 7) is 4.22. The number of halogens is 1. The van der Waals surface area contributed by atoms with Gasteiger partial charge >= 0.3 is 0 Å². The van der Waals surface area contributed by atoms with Gasteiger partial charge in [-0.25, -0.2) is 0 Å². The molecule has 2 rings (SSSR count). The lowest BCUT2D eigenvalue weighted by atomic mass is 10.1. The van der Waals surface area contributed by atoms with Gasteiger partial charge in [0.1, 0.15) is 12.4 Å². The van der Waals surface area contributed by atoms with Crippen LogP contribution in [0.1, 0.15) is 22.3 Å². The van der Waals surface area contributed by atoms with Crippen LogP contribution in [0.15, 0.2) is 30.3 Å². The SMILES string of the molecule is Cc1cc(C#N)cc(C)c1OCc1ccc(Cl)cc1N. The maximum absolute atomic E-state index is 8.93. The van der Waals surface area contributed by atoms with E-state index in [2.05, 4.69) is 6.07 Å². The number of anilines is 1. The van der Waals surface area contributed by atoms with E-state index in [9.17, 15) is 0 Å². The van der Waals surface area contributed by atoms with E-state index in [1.165, 1.54) is 0 Å². The summed E-state index contributed by atoms with van der Waals surface area (Å²) in [5, 5.41) is 9.54. The van der Waals surface area contributed by atoms with Crippen molar-refractivity contribution in [1.29, 1.82) is 5.26 Å². The van der Waals surface area contributed by atoms with Crippen LogP contribution in [0.5, 0.6) is 5.75 Å². The van der Waals surface area contributed by atoms with Gasteiger partial charge in [0.05, 0.1) is 11.6 Å². The smallest absolute Gasteiger partial charge is 0.125 e. The highest BCUT2D eigenvalue weighted by atomic mass is 35.5. The fourth-order valence-electron chi connectivity index (χ4n) is 2.09. The van der Waals surface area contributed by atoms with Crippen molar-refractivity contribution in [3.05, 3.63) is 57.6 Å². The molecule has 102 valence electrons. The number of ether oxygens (including phenoxy) is 1. The Bertz CT molecular complexity index is 666. The second-order valence-electron chi connectivity index (χ2n) is 4.68. The van der Waals surface area contributed by atoms with Crippen LogP contribution in [0, 0.1) is 25.2 Å². The van der Waals surface area contributed by atoms with E-state index >= 15 is 0 Å². The van der Waals surface area contributed by atoms with E-state index in [0.29, 0.717) is 22.9 Å². The van der Waals surface area contributed by atoms with Crippen molar-refractivity contribution in [3.63, 3.8) is 0 Å². The number of rotatable bonds is 3. The third-order valence-corrected chi connectivity index (χ3v) is 3.30. The van der Waals surface area contributed by atoms with Gasteiger partial charge in [-0.1, -0.05) is 17.7 Å². The number of hydrogen-bond acceptors (Lipinski definition) is 3. The van der Waals surface area contributed by atoms with Crippen molar-refractivity contribution in [3.8, 4) is 11.8 Å². The first kappa shape index (κ1) is 14.2. The largest absolute Gasteiger partial charge is 0.488 e. The highest BCUT2D eigenvalue weighted by molar-refractivity contribution is 6.30. The third kappa shape index (κ3) is 3.04. The zero-order valence-electron chi connectivity index (χ0n) is 11.4. The quantitative estimate of drug-likeness (QED) is 0.868. The molecule has 0 heterocycles. The van der Waals surface area contributed by atoms with Crippen LogP contribution in [0.25, 0.3) is 0 Å². The summed E-state index contributed by atoms with van der Waals surface area (Å²) in [4.78, 5) is 0. The molecule has 0 atom stereocenters. The van der Waals surface area contributed by atoms with E-state index in [1.54, 1.807) is 12.1 Å². The molecule has 0 fully saturated rings. The van der Waals surface area contributed by atoms with Crippen molar-refractivity contribution in [1.82, 2.24) is 0 Å². The van der Waals surface area contributed by atoms with E-state index in [-0.39, 0.29) is 0 Å². The Morgan fingerprint density at radius 2 is 1.85 bits per heavy atom. The molecule has 4 heteroatoms. The molecule has 0 saturated heterocycles. The first-order chi connectivity index (χ1) is 9.51. The Morgan fingerprint density at radius 3 is 2.40 bits per heavy atom. The monoisotopic (exact) mass is 286 g/mol. The van der Waals surface area contributed by atoms with Gasteiger partial charge in [-0.2, -0.15) is 5.26 Å². The summed E-state index contributed by atoms with van der Waals surface area (Å²) >= 11 is 5.87. The molecule has 2 aromatic carbocycles. The molecule has 0 amide bonds. The predicted octanol–water partition coefficient (Wildman–Crippen LogP) is 3.99. The summed E-state index contributed by atoms with van der Waals surface area (Å²) in [6.07, 6.45) is 0. The minimum absolute atomic E-state index is 0.372. The zero-order valence-corrected chi connectivity index (χ0v) is 12.2. The summed E-state index contributed by atoms with van der Waals surface area (Å²) in [5.41, 5.74) is 9.91. The molecular weight excluding hydrogens is 272 g/mol. The van der Waals surface area contributed by atoms with Crippen LogP contribution in [-0.4, -0.2) is 0 Å². The number of nitriles is 1. The minimum Gasteiger partial charge on any atom is -0.488 e. The standard InChI is InChI=1S/C16H15ClN2O/c1-10-5-12(8-18)6-11(2)16(10)20-9-13-3-4-14(17)7-15(13)19/h3-7H,9,19H2,1-2H3. The molecular formula is C16H15ClN2O. The Balaban J connectivity index is 2.21. The molecule has 0 aliphatic carbocycles. The molecule has 0 unspecified atom stereocenters. The van der Waals surface area contributed by atoms with Crippen molar-refractivity contribution in [2.24, 2.45) is 0 Å². The van der Waals surface area contributed by atoms with E-state index in [1.807, 2.05) is 32.0 Å². The maximum Gasteiger partial charge on any atom is 0.125 e. The van der Waals surface area contributed by atoms with Crippen LogP contribution in [0.4, 0.5) is 5.69 Å². The highest BCUT2D eigenvalue weighted by Gasteiger charge is 2.08. The zero-order chi connectivity index (χ0) is 14.7. The normalized spacial score (nSPS) is 10.1. The fraction of sp³-hybridized carbons (Fsp3) is 0.188. The average molecular weight is 287 g/mol. The molecule has 2 aromatic rings. The lowest BCUT2D eigenvalue weighted by molar-refractivity contribution is 0.302. The van der Waals surface area contributed by atoms with E-state index in [0.717, 1.165) is 22.4 Å². The minimum atomic E-state index is 0.372. The second-order valence-corrected chi connectivity index (χ2v) is 5.12. The first-order valence-electron chi connectivity index (χ1n) is 6.19. The first-order valence-corrected chi connectivity index (χ1v) is 6.57. The molecule has 0 aromatic heterocycles. The van der Waals surface area contributed by atoms with Gasteiger partial charge in [-0.15, -0.1) is 0 Å². The van der Waals surface area contributed by atoms with Gasteiger partial charge in [-0.3, -0.25) is 0 Å². The van der Waals surface area contributed by atoms with Gasteiger partial charge in [0.15, 0.2) is 0 Å². The number of nitrogens with zero attached hydrogens (tertiary/aromatic N) is 1. The Kier molecular flexibility index (Phi) is 4.16. The summed E-state index contributed by atoms with van der Waals surface area (Å²) in [5.74, 6) is 0.790. The van der Waals surface area contributed by atoms with Crippen LogP contribution < -0.4 is 10.5 Å². The lowest BCUT2D eigenvalue weighted by Gasteiger charge is -2.13. The molecule has 0 saturated carbocycles. The average Bonchev–Trinajstić information content (AvgIpc) is 2.39. The number of nitrogens with two attached hydrogens (primary N) is 1. The lowest BCUT2D eigenvalue weighted by Crippen LogP contribution is -2.02. The molecule has 0 aliphatic heterocycles. The molecule has 0 radical (unpaired) electrons. The van der Waals surface area contributed by atoms with Crippen molar-refractivity contribution in [2.75, 3.05) is 5.73 Å². The van der Waals surface area contributed by atoms with Crippen LogP contribution >= 0.6 is 11.6 Å². The van der Waals surface area contributed by atoms with Gasteiger partial charge in [0.25, 0.3) is 0 Å². The van der Waals surface area contributed by atoms with Crippen LogP contribution in [0.3, 0.4) is 0 Å². The molecule has 2 N–H and O–H groups in total. The number of nitrogen functional groups attached to an aromatic ring is 1. The number of benzene rings is 2. The summed E-state index contributed by atoms with van der Waals surface area (Å²) < 4.78 is 5.84. The van der Waals surface area contributed by atoms with Crippen molar-refractivity contribution >= 4 is 17.3 Å². The molecule has 0 aliphatic rings. The fourth-order valence-corrected chi connectivity index (χ4v) is 2.27. The molecule has 20 heavy (non-hydrogen) atoms. The van der Waals surface area contributed by atoms with Crippen molar-refractivity contribution < 1.29 is 4.74 Å². The summed E-state index contributed by atoms with van der Waals surface area (Å²) in [6, 6.07) is 11.1. The highest BCUT2D eigenvalue weighted by Crippen LogP contribution is 2.27. The topological polar surface area (TPSA) is 59.0 Å². The van der Waals surface area contributed by atoms with Gasteiger partial charge in [0.2, 0.25) is 0 Å². The van der Waals surface area contributed by atoms with Gasteiger partial charge in [0, 0.05) is 16.3 Å². The maximum atomic E-state index is 8.93. The Morgan fingerprint density at radius 1 is 1.20 bits per heavy atom. The third-order valence-electron chi connectivity index (χ3n) is 3.07.